The summed E-state index contributed by atoms with van der Waals surface area (Å²) in [5.41, 5.74) is 2.72. The largest absolute Gasteiger partial charge is 0.482 e. The zero-order valence-electron chi connectivity index (χ0n) is 17.1. The van der Waals surface area contributed by atoms with Gasteiger partial charge in [0, 0.05) is 12.2 Å². The molecular weight excluding hydrogens is 402 g/mol. The highest BCUT2D eigenvalue weighted by Gasteiger charge is 2.17. The highest BCUT2D eigenvalue weighted by Crippen LogP contribution is 2.28. The van der Waals surface area contributed by atoms with E-state index in [0.717, 1.165) is 35.0 Å². The normalized spacial score (nSPS) is 10.7. The van der Waals surface area contributed by atoms with Crippen LogP contribution in [0.1, 0.15) is 31.7 Å². The second kappa shape index (κ2) is 10.1. The number of nitrogens with zero attached hydrogens (tertiary/aromatic N) is 2. The molecule has 0 saturated heterocycles. The number of carboxylic acid groups (broad SMARTS) is 1. The van der Waals surface area contributed by atoms with Gasteiger partial charge >= 0.3 is 12.0 Å². The fraction of sp³-hybridized carbons (Fsp3) is 0.318. The number of carbonyl (C=O) groups is 2. The lowest BCUT2D eigenvalue weighted by Gasteiger charge is -2.23. The van der Waals surface area contributed by atoms with E-state index in [1.165, 1.54) is 11.3 Å². The molecule has 0 fully saturated rings. The number of amides is 2. The van der Waals surface area contributed by atoms with E-state index in [0.29, 0.717) is 23.1 Å². The Morgan fingerprint density at radius 3 is 2.63 bits per heavy atom. The molecule has 0 radical (unpaired) electrons. The maximum atomic E-state index is 13.0. The van der Waals surface area contributed by atoms with Crippen molar-refractivity contribution >= 4 is 44.4 Å². The molecule has 0 saturated carbocycles. The molecule has 8 heteroatoms. The number of unbranched alkanes of at least 4 members (excludes halogenated alkanes) is 2. The Morgan fingerprint density at radius 2 is 1.93 bits per heavy atom. The van der Waals surface area contributed by atoms with Crippen molar-refractivity contribution in [2.24, 2.45) is 0 Å². The second-order valence-electron chi connectivity index (χ2n) is 6.96. The van der Waals surface area contributed by atoms with Gasteiger partial charge in [-0.15, -0.1) is 0 Å². The van der Waals surface area contributed by atoms with Crippen LogP contribution in [0.5, 0.6) is 5.75 Å². The van der Waals surface area contributed by atoms with E-state index in [9.17, 15) is 9.59 Å². The number of urea groups is 1. The summed E-state index contributed by atoms with van der Waals surface area (Å²) in [4.78, 5) is 29.9. The number of carboxylic acids is 1. The zero-order valence-corrected chi connectivity index (χ0v) is 17.9. The predicted molar refractivity (Wildman–Crippen MR) is 120 cm³/mol. The summed E-state index contributed by atoms with van der Waals surface area (Å²) in [7, 11) is 0. The Labute approximate surface area is 179 Å². The fourth-order valence-corrected chi connectivity index (χ4v) is 3.93. The number of hydrogen-bond donors (Lipinski definition) is 2. The van der Waals surface area contributed by atoms with Crippen molar-refractivity contribution in [3.05, 3.63) is 48.0 Å². The predicted octanol–water partition coefficient (Wildman–Crippen LogP) is 5.30. The molecule has 2 aromatic carbocycles. The number of rotatable bonds is 9. The lowest BCUT2D eigenvalue weighted by molar-refractivity contribution is -0.139. The molecule has 0 aliphatic carbocycles. The van der Waals surface area contributed by atoms with E-state index < -0.39 is 12.6 Å². The van der Waals surface area contributed by atoms with Crippen LogP contribution in [0.15, 0.2) is 42.5 Å². The van der Waals surface area contributed by atoms with E-state index in [4.69, 9.17) is 9.84 Å². The first-order valence-electron chi connectivity index (χ1n) is 9.86. The quantitative estimate of drug-likeness (QED) is 0.452. The number of aromatic nitrogens is 1. The number of thiazole rings is 1. The maximum absolute atomic E-state index is 13.0. The van der Waals surface area contributed by atoms with Gasteiger partial charge in [-0.1, -0.05) is 37.2 Å². The van der Waals surface area contributed by atoms with Crippen molar-refractivity contribution < 1.29 is 19.4 Å². The van der Waals surface area contributed by atoms with Crippen molar-refractivity contribution in [3.8, 4) is 5.75 Å². The molecule has 0 bridgehead atoms. The lowest BCUT2D eigenvalue weighted by atomic mass is 10.2. The van der Waals surface area contributed by atoms with Crippen LogP contribution in [-0.2, 0) is 4.79 Å². The van der Waals surface area contributed by atoms with E-state index in [-0.39, 0.29) is 6.03 Å². The summed E-state index contributed by atoms with van der Waals surface area (Å²) in [5, 5.41) is 12.2. The van der Waals surface area contributed by atoms with Crippen molar-refractivity contribution in [2.45, 2.75) is 33.1 Å². The minimum Gasteiger partial charge on any atom is -0.482 e. The number of hydrogen-bond acceptors (Lipinski definition) is 5. The molecular formula is C22H25N3O4S. The summed E-state index contributed by atoms with van der Waals surface area (Å²) < 4.78 is 6.20. The third-order valence-corrected chi connectivity index (χ3v) is 5.43. The average molecular weight is 428 g/mol. The number of ether oxygens (including phenoxy) is 1. The lowest BCUT2D eigenvalue weighted by Crippen LogP contribution is -2.35. The van der Waals surface area contributed by atoms with Gasteiger partial charge in [-0.05, 0) is 55.3 Å². The van der Waals surface area contributed by atoms with Crippen LogP contribution < -0.4 is 15.0 Å². The number of benzene rings is 2. The van der Waals surface area contributed by atoms with Gasteiger partial charge in [-0.25, -0.2) is 14.6 Å². The number of carbonyl (C=O) groups excluding carboxylic acids is 1. The number of anilines is 2. The van der Waals surface area contributed by atoms with Gasteiger partial charge < -0.3 is 9.84 Å². The summed E-state index contributed by atoms with van der Waals surface area (Å²) in [6, 6.07) is 12.6. The molecule has 3 rings (SSSR count). The summed E-state index contributed by atoms with van der Waals surface area (Å²) in [6.07, 6.45) is 2.94. The molecule has 0 aliphatic rings. The van der Waals surface area contributed by atoms with Gasteiger partial charge in [0.25, 0.3) is 0 Å². The molecule has 158 valence electrons. The Hall–Kier alpha value is -3.13. The monoisotopic (exact) mass is 427 g/mol. The van der Waals surface area contributed by atoms with Crippen LogP contribution in [0.3, 0.4) is 0 Å². The van der Waals surface area contributed by atoms with Crippen LogP contribution in [0, 0.1) is 6.92 Å². The molecule has 7 nitrogen and oxygen atoms in total. The van der Waals surface area contributed by atoms with Crippen molar-refractivity contribution in [1.82, 2.24) is 4.98 Å². The van der Waals surface area contributed by atoms with E-state index in [1.54, 1.807) is 29.2 Å². The summed E-state index contributed by atoms with van der Waals surface area (Å²) in [6.45, 7) is 4.30. The minimum absolute atomic E-state index is 0.249. The van der Waals surface area contributed by atoms with E-state index >= 15 is 0 Å². The van der Waals surface area contributed by atoms with E-state index in [2.05, 4.69) is 23.3 Å². The van der Waals surface area contributed by atoms with Crippen LogP contribution in [0.4, 0.5) is 15.6 Å². The number of aryl methyl sites for hydroxylation is 1. The fourth-order valence-electron chi connectivity index (χ4n) is 2.98. The second-order valence-corrected chi connectivity index (χ2v) is 7.99. The van der Waals surface area contributed by atoms with Gasteiger partial charge in [-0.3, -0.25) is 10.2 Å². The number of fused-ring (bicyclic) bond motifs is 1. The SMILES string of the molecule is CCCCCN(C(=O)Nc1nc2ccc(C)cc2s1)c1ccc(OCC(=O)O)cc1. The Morgan fingerprint density at radius 1 is 1.17 bits per heavy atom. The molecule has 3 aromatic rings. The van der Waals surface area contributed by atoms with Crippen LogP contribution >= 0.6 is 11.3 Å². The zero-order chi connectivity index (χ0) is 21.5. The Balaban J connectivity index is 1.75. The Bertz CT molecular complexity index is 1020. The highest BCUT2D eigenvalue weighted by atomic mass is 32.1. The van der Waals surface area contributed by atoms with Crippen molar-refractivity contribution in [2.75, 3.05) is 23.4 Å². The van der Waals surface area contributed by atoms with Crippen LogP contribution in [0.25, 0.3) is 10.2 Å². The maximum Gasteiger partial charge on any atom is 0.341 e. The van der Waals surface area contributed by atoms with Gasteiger partial charge in [0.15, 0.2) is 11.7 Å². The Kier molecular flexibility index (Phi) is 7.24. The topological polar surface area (TPSA) is 91.8 Å². The molecule has 1 aromatic heterocycles. The van der Waals surface area contributed by atoms with Gasteiger partial charge in [-0.2, -0.15) is 0 Å². The highest BCUT2D eigenvalue weighted by molar-refractivity contribution is 7.22. The molecule has 2 amide bonds. The number of aliphatic carboxylic acids is 1. The van der Waals surface area contributed by atoms with E-state index in [1.807, 2.05) is 19.1 Å². The molecule has 1 heterocycles. The van der Waals surface area contributed by atoms with Gasteiger partial charge in [0.05, 0.1) is 10.2 Å². The molecule has 2 N–H and O–H groups in total. The first kappa shape index (κ1) is 21.6. The molecule has 0 aliphatic heterocycles. The van der Waals surface area contributed by atoms with Crippen LogP contribution in [0.2, 0.25) is 0 Å². The van der Waals surface area contributed by atoms with Crippen molar-refractivity contribution in [1.29, 1.82) is 0 Å². The molecule has 0 spiro atoms. The van der Waals surface area contributed by atoms with Crippen LogP contribution in [-0.4, -0.2) is 35.2 Å². The third-order valence-electron chi connectivity index (χ3n) is 4.50. The first-order valence-corrected chi connectivity index (χ1v) is 10.7. The third kappa shape index (κ3) is 5.70. The molecule has 0 atom stereocenters. The van der Waals surface area contributed by atoms with Gasteiger partial charge in [0.1, 0.15) is 5.75 Å². The summed E-state index contributed by atoms with van der Waals surface area (Å²) in [5.74, 6) is -0.595. The standard InChI is InChI=1S/C22H25N3O4S/c1-3-4-5-12-25(16-7-9-17(10-8-16)29-14-20(26)27)22(28)24-21-23-18-11-6-15(2)13-19(18)30-21/h6-11,13H,3-5,12,14H2,1-2H3,(H,26,27)(H,23,24,28). The molecule has 30 heavy (non-hydrogen) atoms. The average Bonchev–Trinajstić information content (AvgIpc) is 3.11. The number of nitrogens with one attached hydrogen (secondary N) is 1. The van der Waals surface area contributed by atoms with Gasteiger partial charge in [0.2, 0.25) is 0 Å². The summed E-state index contributed by atoms with van der Waals surface area (Å²) >= 11 is 1.45. The van der Waals surface area contributed by atoms with Crippen molar-refractivity contribution in [3.63, 3.8) is 0 Å². The smallest absolute Gasteiger partial charge is 0.341 e. The first-order chi connectivity index (χ1) is 14.5. The minimum atomic E-state index is -1.04. The molecule has 0 unspecified atom stereocenters.